The first kappa shape index (κ1) is 20.3. The van der Waals surface area contributed by atoms with Gasteiger partial charge in [0.1, 0.15) is 18.2 Å². The first-order chi connectivity index (χ1) is 12.6. The van der Waals surface area contributed by atoms with Crippen LogP contribution in [0.5, 0.6) is 0 Å². The molecule has 0 bridgehead atoms. The van der Waals surface area contributed by atoms with Crippen LogP contribution in [0.15, 0.2) is 24.3 Å². The molecule has 0 saturated carbocycles. The van der Waals surface area contributed by atoms with Gasteiger partial charge in [-0.05, 0) is 32.4 Å². The maximum Gasteiger partial charge on any atom is 0.408 e. The topological polar surface area (TPSA) is 112 Å². The molecule has 0 aliphatic heterocycles. The number of likely N-dealkylation sites (N-methyl/N-ethyl adjacent to an activating group) is 1. The largest absolute Gasteiger partial charge is 0.480 e. The Morgan fingerprint density at radius 1 is 1.30 bits per heavy atom. The van der Waals surface area contributed by atoms with Crippen molar-refractivity contribution in [3.63, 3.8) is 0 Å². The predicted molar refractivity (Wildman–Crippen MR) is 99.3 cm³/mol. The molecule has 0 spiro atoms. The van der Waals surface area contributed by atoms with E-state index in [1.165, 1.54) is 7.05 Å². The van der Waals surface area contributed by atoms with Crippen molar-refractivity contribution >= 4 is 28.9 Å². The molecule has 1 atom stereocenters. The zero-order valence-corrected chi connectivity index (χ0v) is 15.8. The number of hydrogen-bond acceptors (Lipinski definition) is 4. The van der Waals surface area contributed by atoms with Crippen LogP contribution in [0.4, 0.5) is 4.79 Å². The summed E-state index contributed by atoms with van der Waals surface area (Å²) in [5, 5.41) is 12.8. The molecule has 1 heterocycles. The molecule has 2 rings (SSSR count). The molecule has 0 aliphatic rings. The number of aromatic nitrogens is 1. The molecule has 2 aromatic rings. The number of aliphatic carboxylic acids is 1. The van der Waals surface area contributed by atoms with Gasteiger partial charge in [0, 0.05) is 24.4 Å². The zero-order chi connectivity index (χ0) is 20.2. The van der Waals surface area contributed by atoms with E-state index in [9.17, 15) is 19.5 Å². The third-order valence-corrected chi connectivity index (χ3v) is 3.93. The van der Waals surface area contributed by atoms with Crippen LogP contribution in [-0.2, 0) is 20.7 Å². The number of alkyl carbamates (subject to hydrolysis) is 1. The normalized spacial score (nSPS) is 12.4. The maximum atomic E-state index is 12.3. The second-order valence-electron chi connectivity index (χ2n) is 7.19. The lowest BCUT2D eigenvalue weighted by Crippen LogP contribution is -2.48. The number of para-hydroxylation sites is 1. The number of hydrogen-bond donors (Lipinski definition) is 3. The number of nitrogens with one attached hydrogen (secondary N) is 2. The molecule has 8 nitrogen and oxygen atoms in total. The van der Waals surface area contributed by atoms with E-state index in [4.69, 9.17) is 4.74 Å². The second kappa shape index (κ2) is 8.11. The van der Waals surface area contributed by atoms with Crippen LogP contribution in [0.1, 0.15) is 26.3 Å². The van der Waals surface area contributed by atoms with Crippen LogP contribution in [-0.4, -0.2) is 58.2 Å². The van der Waals surface area contributed by atoms with Gasteiger partial charge in [-0.1, -0.05) is 18.2 Å². The summed E-state index contributed by atoms with van der Waals surface area (Å²) in [6.07, 6.45) is 2.31. The third kappa shape index (κ3) is 5.47. The minimum absolute atomic E-state index is 0.0913. The van der Waals surface area contributed by atoms with Gasteiger partial charge in [0.05, 0.1) is 6.20 Å². The first-order valence-corrected chi connectivity index (χ1v) is 8.51. The maximum absolute atomic E-state index is 12.3. The van der Waals surface area contributed by atoms with Crippen molar-refractivity contribution in [2.75, 3.05) is 13.6 Å². The smallest absolute Gasteiger partial charge is 0.408 e. The summed E-state index contributed by atoms with van der Waals surface area (Å²) < 4.78 is 5.06. The summed E-state index contributed by atoms with van der Waals surface area (Å²) in [5.74, 6) is -1.67. The van der Waals surface area contributed by atoms with Crippen molar-refractivity contribution in [2.24, 2.45) is 0 Å². The van der Waals surface area contributed by atoms with Crippen LogP contribution >= 0.6 is 0 Å². The van der Waals surface area contributed by atoms with Crippen molar-refractivity contribution in [2.45, 2.75) is 38.8 Å². The molecule has 0 aliphatic carbocycles. The van der Waals surface area contributed by atoms with Crippen LogP contribution in [0, 0.1) is 6.20 Å². The van der Waals surface area contributed by atoms with Crippen molar-refractivity contribution in [3.05, 3.63) is 36.0 Å². The molecule has 145 valence electrons. The molecule has 0 fully saturated rings. The number of benzene rings is 1. The van der Waals surface area contributed by atoms with Crippen LogP contribution in [0.3, 0.4) is 0 Å². The molecule has 3 N–H and O–H groups in total. The van der Waals surface area contributed by atoms with Crippen molar-refractivity contribution in [3.8, 4) is 0 Å². The van der Waals surface area contributed by atoms with Crippen molar-refractivity contribution in [1.29, 1.82) is 0 Å². The lowest BCUT2D eigenvalue weighted by Gasteiger charge is -2.25. The molecular formula is C19H24N3O5. The Balaban J connectivity index is 2.04. The zero-order valence-electron chi connectivity index (χ0n) is 15.8. The summed E-state index contributed by atoms with van der Waals surface area (Å²) in [4.78, 5) is 39.8. The van der Waals surface area contributed by atoms with E-state index in [2.05, 4.69) is 16.5 Å². The molecule has 2 amide bonds. The average Bonchev–Trinajstić information content (AvgIpc) is 2.98. The van der Waals surface area contributed by atoms with E-state index < -0.39 is 29.6 Å². The number of ether oxygens (including phenoxy) is 1. The average molecular weight is 374 g/mol. The van der Waals surface area contributed by atoms with Gasteiger partial charge in [0.15, 0.2) is 0 Å². The first-order valence-electron chi connectivity index (χ1n) is 8.51. The Hall–Kier alpha value is -3.03. The number of fused-ring (bicyclic) bond motifs is 1. The highest BCUT2D eigenvalue weighted by Gasteiger charge is 2.28. The summed E-state index contributed by atoms with van der Waals surface area (Å²) in [6, 6.07) is 6.35. The fraction of sp³-hybridized carbons (Fsp3) is 0.421. The van der Waals surface area contributed by atoms with Crippen molar-refractivity contribution < 1.29 is 24.2 Å². The minimum atomic E-state index is -1.14. The number of carbonyl (C=O) groups is 3. The Morgan fingerprint density at radius 3 is 2.59 bits per heavy atom. The van der Waals surface area contributed by atoms with E-state index in [0.717, 1.165) is 15.8 Å². The lowest BCUT2D eigenvalue weighted by molar-refractivity contribution is -0.148. The molecular weight excluding hydrogens is 350 g/mol. The Kier molecular flexibility index (Phi) is 6.09. The fourth-order valence-electron chi connectivity index (χ4n) is 2.57. The monoisotopic (exact) mass is 374 g/mol. The lowest BCUT2D eigenvalue weighted by atomic mass is 10.0. The highest BCUT2D eigenvalue weighted by atomic mass is 16.6. The van der Waals surface area contributed by atoms with Crippen LogP contribution < -0.4 is 5.32 Å². The van der Waals surface area contributed by atoms with Crippen LogP contribution in [0.25, 0.3) is 10.9 Å². The van der Waals surface area contributed by atoms with Crippen molar-refractivity contribution in [1.82, 2.24) is 15.2 Å². The van der Waals surface area contributed by atoms with E-state index in [-0.39, 0.29) is 13.0 Å². The number of carboxylic acids is 1. The predicted octanol–water partition coefficient (Wildman–Crippen LogP) is 1.95. The third-order valence-electron chi connectivity index (χ3n) is 3.93. The molecule has 8 heteroatoms. The Morgan fingerprint density at radius 2 is 1.96 bits per heavy atom. The Labute approximate surface area is 157 Å². The molecule has 1 radical (unpaired) electrons. The number of aromatic amines is 1. The van der Waals surface area contributed by atoms with Gasteiger partial charge in [-0.15, -0.1) is 0 Å². The summed E-state index contributed by atoms with van der Waals surface area (Å²) in [5.41, 5.74) is 0.836. The van der Waals surface area contributed by atoms with Gasteiger partial charge in [-0.3, -0.25) is 4.79 Å². The van der Waals surface area contributed by atoms with E-state index >= 15 is 0 Å². The molecule has 27 heavy (non-hydrogen) atoms. The highest BCUT2D eigenvalue weighted by molar-refractivity contribution is 5.88. The number of amides is 2. The highest BCUT2D eigenvalue weighted by Crippen LogP contribution is 2.20. The minimum Gasteiger partial charge on any atom is -0.480 e. The van der Waals surface area contributed by atoms with Crippen LogP contribution in [0.2, 0.25) is 0 Å². The van der Waals surface area contributed by atoms with Gasteiger partial charge < -0.3 is 25.0 Å². The van der Waals surface area contributed by atoms with Gasteiger partial charge in [0.25, 0.3) is 0 Å². The number of carbonyl (C=O) groups excluding carboxylic acids is 2. The summed E-state index contributed by atoms with van der Waals surface area (Å²) >= 11 is 0. The molecule has 0 saturated heterocycles. The quantitative estimate of drug-likeness (QED) is 0.715. The van der Waals surface area contributed by atoms with E-state index in [1.54, 1.807) is 20.8 Å². The van der Waals surface area contributed by atoms with Gasteiger partial charge in [-0.2, -0.15) is 0 Å². The van der Waals surface area contributed by atoms with E-state index in [0.29, 0.717) is 5.56 Å². The molecule has 1 aromatic carbocycles. The Bertz CT molecular complexity index is 837. The standard InChI is InChI=1S/C19H24N3O5/c1-19(2,3)27-18(26)21-11-16(23)22(4)15(17(24)25)9-12-10-20-14-8-6-5-7-13(12)14/h5-8,15,20H,9,11H2,1-4H3,(H,21,26)(H,24,25). The van der Waals surface area contributed by atoms with E-state index in [1.807, 2.05) is 24.3 Å². The summed E-state index contributed by atoms with van der Waals surface area (Å²) in [6.45, 7) is 4.77. The second-order valence-corrected chi connectivity index (χ2v) is 7.19. The molecule has 1 unspecified atom stereocenters. The SMILES string of the molecule is CN(C(=O)CNC(=O)OC(C)(C)C)C(Cc1[c][nH]c2ccccc12)C(=O)O. The van der Waals surface area contributed by atoms with Gasteiger partial charge in [0.2, 0.25) is 5.91 Å². The number of H-pyrrole nitrogens is 1. The number of carboxylic acid groups (broad SMARTS) is 1. The number of rotatable bonds is 6. The number of nitrogens with zero attached hydrogens (tertiary/aromatic N) is 1. The fourth-order valence-corrected chi connectivity index (χ4v) is 2.57. The molecule has 1 aromatic heterocycles. The summed E-state index contributed by atoms with van der Waals surface area (Å²) in [7, 11) is 1.40. The van der Waals surface area contributed by atoms with Gasteiger partial charge >= 0.3 is 12.1 Å². The van der Waals surface area contributed by atoms with Gasteiger partial charge in [-0.25, -0.2) is 9.59 Å².